The molecule has 1 atom stereocenters. The van der Waals surface area contributed by atoms with Crippen LogP contribution in [0.15, 0.2) is 18.2 Å². The number of likely N-dealkylation sites (tertiary alicyclic amines) is 1. The second-order valence-corrected chi connectivity index (χ2v) is 7.21. The first-order valence-corrected chi connectivity index (χ1v) is 9.08. The van der Waals surface area contributed by atoms with Crippen LogP contribution >= 0.6 is 0 Å². The highest BCUT2D eigenvalue weighted by molar-refractivity contribution is 5.91. The van der Waals surface area contributed by atoms with Gasteiger partial charge in [-0.3, -0.25) is 4.79 Å². The molecule has 0 aliphatic carbocycles. The summed E-state index contributed by atoms with van der Waals surface area (Å²) in [5.41, 5.74) is 1.14. The van der Waals surface area contributed by atoms with Gasteiger partial charge in [0.25, 0.3) is 0 Å². The van der Waals surface area contributed by atoms with Crippen molar-refractivity contribution in [3.63, 3.8) is 0 Å². The van der Waals surface area contributed by atoms with Gasteiger partial charge in [0.05, 0.1) is 14.2 Å². The Balaban J connectivity index is 1.51. The Labute approximate surface area is 149 Å². The summed E-state index contributed by atoms with van der Waals surface area (Å²) in [4.78, 5) is 14.8. The van der Waals surface area contributed by atoms with E-state index in [1.165, 1.54) is 19.3 Å². The Kier molecular flexibility index (Phi) is 5.81. The first-order valence-electron chi connectivity index (χ1n) is 9.08. The molecule has 0 saturated carbocycles. The third kappa shape index (κ3) is 4.64. The van der Waals surface area contributed by atoms with Crippen LogP contribution in [-0.2, 0) is 4.79 Å². The molecule has 2 fully saturated rings. The van der Waals surface area contributed by atoms with Crippen molar-refractivity contribution in [2.24, 2.45) is 5.41 Å². The average Bonchev–Trinajstić information content (AvgIpc) is 3.07. The lowest BCUT2D eigenvalue weighted by Gasteiger charge is -2.40. The highest BCUT2D eigenvalue weighted by Gasteiger charge is 2.37. The minimum absolute atomic E-state index is 0.0273. The minimum atomic E-state index is 0.0273. The summed E-state index contributed by atoms with van der Waals surface area (Å²) in [5, 5.41) is 6.45. The van der Waals surface area contributed by atoms with E-state index in [-0.39, 0.29) is 5.91 Å². The largest absolute Gasteiger partial charge is 0.497 e. The summed E-state index contributed by atoms with van der Waals surface area (Å²) in [7, 11) is 3.20. The maximum absolute atomic E-state index is 12.3. The van der Waals surface area contributed by atoms with Crippen molar-refractivity contribution in [2.45, 2.75) is 25.7 Å². The van der Waals surface area contributed by atoms with Crippen molar-refractivity contribution in [1.82, 2.24) is 10.2 Å². The SMILES string of the molecule is COc1cc(NC(=O)CCN2CCC[C@]3(CCNC3)C2)cc(OC)c1. The molecule has 2 heterocycles. The fraction of sp³-hybridized carbons (Fsp3) is 0.632. The van der Waals surface area contributed by atoms with E-state index in [0.29, 0.717) is 29.0 Å². The molecule has 3 rings (SSSR count). The molecule has 2 N–H and O–H groups in total. The second-order valence-electron chi connectivity index (χ2n) is 7.21. The quantitative estimate of drug-likeness (QED) is 0.825. The highest BCUT2D eigenvalue weighted by atomic mass is 16.5. The molecule has 1 aromatic rings. The molecule has 2 saturated heterocycles. The molecule has 6 heteroatoms. The maximum atomic E-state index is 12.3. The van der Waals surface area contributed by atoms with E-state index in [0.717, 1.165) is 32.7 Å². The molecule has 1 aromatic carbocycles. The summed E-state index contributed by atoms with van der Waals surface area (Å²) in [6.07, 6.45) is 4.31. The van der Waals surface area contributed by atoms with Crippen LogP contribution in [0.2, 0.25) is 0 Å². The number of methoxy groups -OCH3 is 2. The van der Waals surface area contributed by atoms with Crippen molar-refractivity contribution in [3.8, 4) is 11.5 Å². The third-order valence-corrected chi connectivity index (χ3v) is 5.36. The zero-order chi connectivity index (χ0) is 17.7. The molecule has 2 aliphatic rings. The summed E-state index contributed by atoms with van der Waals surface area (Å²) >= 11 is 0. The van der Waals surface area contributed by atoms with Crippen molar-refractivity contribution >= 4 is 11.6 Å². The molecule has 138 valence electrons. The fourth-order valence-electron chi connectivity index (χ4n) is 4.01. The second kappa shape index (κ2) is 8.06. The number of rotatable bonds is 6. The lowest BCUT2D eigenvalue weighted by atomic mass is 9.79. The van der Waals surface area contributed by atoms with Gasteiger partial charge in [0, 0.05) is 49.9 Å². The molecule has 0 aromatic heterocycles. The van der Waals surface area contributed by atoms with E-state index >= 15 is 0 Å². The van der Waals surface area contributed by atoms with Gasteiger partial charge in [-0.05, 0) is 37.8 Å². The lowest BCUT2D eigenvalue weighted by Crippen LogP contribution is -2.45. The van der Waals surface area contributed by atoms with Gasteiger partial charge in [0.1, 0.15) is 11.5 Å². The van der Waals surface area contributed by atoms with Crippen molar-refractivity contribution in [3.05, 3.63) is 18.2 Å². The zero-order valence-electron chi connectivity index (χ0n) is 15.3. The van der Waals surface area contributed by atoms with Gasteiger partial charge in [0.2, 0.25) is 5.91 Å². The standard InChI is InChI=1S/C19H29N3O3/c1-24-16-10-15(11-17(12-16)25-2)21-18(23)4-9-22-8-3-5-19(14-22)6-7-20-13-19/h10-12,20H,3-9,13-14H2,1-2H3,(H,21,23)/t19-/m1/s1. The van der Waals surface area contributed by atoms with Gasteiger partial charge in [0.15, 0.2) is 0 Å². The number of ether oxygens (including phenoxy) is 2. The number of carbonyl (C=O) groups is 1. The molecule has 2 aliphatic heterocycles. The molecular formula is C19H29N3O3. The van der Waals surface area contributed by atoms with Crippen LogP contribution in [0.5, 0.6) is 11.5 Å². The van der Waals surface area contributed by atoms with Crippen molar-refractivity contribution < 1.29 is 14.3 Å². The molecule has 1 spiro atoms. The average molecular weight is 347 g/mol. The molecule has 0 unspecified atom stereocenters. The number of benzene rings is 1. The first kappa shape index (κ1) is 18.0. The monoisotopic (exact) mass is 347 g/mol. The summed E-state index contributed by atoms with van der Waals surface area (Å²) in [6, 6.07) is 5.40. The molecule has 0 radical (unpaired) electrons. The highest BCUT2D eigenvalue weighted by Crippen LogP contribution is 2.35. The van der Waals surface area contributed by atoms with Gasteiger partial charge in [-0.2, -0.15) is 0 Å². The van der Waals surface area contributed by atoms with Gasteiger partial charge >= 0.3 is 0 Å². The summed E-state index contributed by atoms with van der Waals surface area (Å²) in [5.74, 6) is 1.36. The minimum Gasteiger partial charge on any atom is -0.497 e. The number of nitrogens with one attached hydrogen (secondary N) is 2. The number of nitrogens with zero attached hydrogens (tertiary/aromatic N) is 1. The van der Waals surface area contributed by atoms with Crippen LogP contribution in [-0.4, -0.2) is 57.8 Å². The van der Waals surface area contributed by atoms with Crippen LogP contribution in [0.4, 0.5) is 5.69 Å². The topological polar surface area (TPSA) is 62.8 Å². The normalized spacial score (nSPS) is 23.6. The van der Waals surface area contributed by atoms with E-state index in [1.807, 2.05) is 0 Å². The number of amides is 1. The first-order chi connectivity index (χ1) is 12.1. The Morgan fingerprint density at radius 3 is 2.64 bits per heavy atom. The van der Waals surface area contributed by atoms with Crippen LogP contribution in [0.1, 0.15) is 25.7 Å². The molecular weight excluding hydrogens is 318 g/mol. The number of hydrogen-bond donors (Lipinski definition) is 2. The van der Waals surface area contributed by atoms with Crippen LogP contribution < -0.4 is 20.1 Å². The van der Waals surface area contributed by atoms with Gasteiger partial charge in [-0.15, -0.1) is 0 Å². The molecule has 1 amide bonds. The van der Waals surface area contributed by atoms with Crippen LogP contribution in [0.25, 0.3) is 0 Å². The number of hydrogen-bond acceptors (Lipinski definition) is 5. The van der Waals surface area contributed by atoms with E-state index < -0.39 is 0 Å². The number of anilines is 1. The fourth-order valence-corrected chi connectivity index (χ4v) is 4.01. The van der Waals surface area contributed by atoms with Crippen molar-refractivity contribution in [2.75, 3.05) is 52.3 Å². The molecule has 6 nitrogen and oxygen atoms in total. The van der Waals surface area contributed by atoms with Gasteiger partial charge in [-0.1, -0.05) is 0 Å². The Morgan fingerprint density at radius 1 is 1.24 bits per heavy atom. The summed E-state index contributed by atoms with van der Waals surface area (Å²) < 4.78 is 10.5. The summed E-state index contributed by atoms with van der Waals surface area (Å²) in [6.45, 7) is 5.28. The predicted molar refractivity (Wildman–Crippen MR) is 98.4 cm³/mol. The predicted octanol–water partition coefficient (Wildman–Crippen LogP) is 2.11. The number of carbonyl (C=O) groups excluding carboxylic acids is 1. The smallest absolute Gasteiger partial charge is 0.225 e. The lowest BCUT2D eigenvalue weighted by molar-refractivity contribution is -0.116. The van der Waals surface area contributed by atoms with Gasteiger partial charge < -0.3 is 25.0 Å². The van der Waals surface area contributed by atoms with E-state index in [9.17, 15) is 4.79 Å². The zero-order valence-corrected chi connectivity index (χ0v) is 15.3. The van der Waals surface area contributed by atoms with Crippen LogP contribution in [0.3, 0.4) is 0 Å². The van der Waals surface area contributed by atoms with Gasteiger partial charge in [-0.25, -0.2) is 0 Å². The van der Waals surface area contributed by atoms with E-state index in [2.05, 4.69) is 15.5 Å². The maximum Gasteiger partial charge on any atom is 0.225 e. The molecule has 0 bridgehead atoms. The van der Waals surface area contributed by atoms with Crippen LogP contribution in [0, 0.1) is 5.41 Å². The van der Waals surface area contributed by atoms with E-state index in [1.54, 1.807) is 32.4 Å². The Morgan fingerprint density at radius 2 is 2.00 bits per heavy atom. The van der Waals surface area contributed by atoms with E-state index in [4.69, 9.17) is 9.47 Å². The Bertz CT molecular complexity index is 577. The number of piperidine rings is 1. The van der Waals surface area contributed by atoms with Crippen molar-refractivity contribution in [1.29, 1.82) is 0 Å². The Hall–Kier alpha value is -1.79. The molecule has 25 heavy (non-hydrogen) atoms. The third-order valence-electron chi connectivity index (χ3n) is 5.36.